The molecule has 2 aliphatic rings. The van der Waals surface area contributed by atoms with E-state index >= 15 is 0 Å². The molecule has 1 aliphatic carbocycles. The Morgan fingerprint density at radius 3 is 2.97 bits per heavy atom. The van der Waals surface area contributed by atoms with E-state index in [1.54, 1.807) is 6.20 Å². The average Bonchev–Trinajstić information content (AvgIpc) is 2.92. The van der Waals surface area contributed by atoms with Crippen LogP contribution in [0.5, 0.6) is 0 Å². The monoisotopic (exact) mass is 445 g/mol. The minimum absolute atomic E-state index is 0.0211. The first-order valence-corrected chi connectivity index (χ1v) is 12.2. The van der Waals surface area contributed by atoms with Crippen LogP contribution in [0.15, 0.2) is 36.7 Å². The highest BCUT2D eigenvalue weighted by Gasteiger charge is 2.43. The quantitative estimate of drug-likeness (QED) is 0.420. The van der Waals surface area contributed by atoms with Gasteiger partial charge in [-0.15, -0.1) is 0 Å². The SMILES string of the molecule is CC(C)OC(=O)CCC[C@H]1CC[C@@H]2[C@@H](/C=C/C(O)CCc3cccnc3)[C@H](O)C[C@@H]2OC1. The maximum atomic E-state index is 11.7. The Hall–Kier alpha value is -1.76. The second kappa shape index (κ2) is 12.5. The van der Waals surface area contributed by atoms with Crippen molar-refractivity contribution < 1.29 is 24.5 Å². The first-order valence-electron chi connectivity index (χ1n) is 12.2. The van der Waals surface area contributed by atoms with Crippen molar-refractivity contribution in [2.75, 3.05) is 6.61 Å². The van der Waals surface area contributed by atoms with E-state index in [9.17, 15) is 15.0 Å². The molecule has 2 fully saturated rings. The Balaban J connectivity index is 1.44. The van der Waals surface area contributed by atoms with Crippen molar-refractivity contribution in [2.45, 2.75) is 89.6 Å². The Morgan fingerprint density at radius 1 is 1.38 bits per heavy atom. The third-order valence-electron chi connectivity index (χ3n) is 6.71. The molecule has 0 bridgehead atoms. The maximum Gasteiger partial charge on any atom is 0.306 e. The normalized spacial score (nSPS) is 29.1. The van der Waals surface area contributed by atoms with Crippen LogP contribution in [-0.4, -0.2) is 52.2 Å². The van der Waals surface area contributed by atoms with Crippen LogP contribution in [0.4, 0.5) is 0 Å². The van der Waals surface area contributed by atoms with E-state index in [-0.39, 0.29) is 30.0 Å². The molecule has 3 rings (SSSR count). The van der Waals surface area contributed by atoms with Gasteiger partial charge in [0.15, 0.2) is 0 Å². The molecule has 0 radical (unpaired) electrons. The first kappa shape index (κ1) is 24.9. The second-order valence-corrected chi connectivity index (χ2v) is 9.64. The van der Waals surface area contributed by atoms with Gasteiger partial charge in [0.1, 0.15) is 0 Å². The molecule has 2 heterocycles. The molecule has 1 saturated heterocycles. The van der Waals surface area contributed by atoms with E-state index < -0.39 is 12.2 Å². The number of nitrogens with zero attached hydrogens (tertiary/aromatic N) is 1. The Bertz CT molecular complexity index is 722. The van der Waals surface area contributed by atoms with Gasteiger partial charge in [-0.25, -0.2) is 0 Å². The van der Waals surface area contributed by atoms with Gasteiger partial charge >= 0.3 is 5.97 Å². The zero-order valence-electron chi connectivity index (χ0n) is 19.4. The summed E-state index contributed by atoms with van der Waals surface area (Å²) >= 11 is 0. The fraction of sp³-hybridized carbons (Fsp3) is 0.692. The van der Waals surface area contributed by atoms with E-state index in [0.717, 1.165) is 37.7 Å². The van der Waals surface area contributed by atoms with E-state index in [0.29, 0.717) is 31.8 Å². The molecule has 1 aromatic rings. The van der Waals surface area contributed by atoms with Crippen molar-refractivity contribution in [1.29, 1.82) is 0 Å². The molecule has 6 atom stereocenters. The molecule has 1 saturated carbocycles. The third kappa shape index (κ3) is 7.68. The fourth-order valence-corrected chi connectivity index (χ4v) is 5.01. The molecule has 2 N–H and O–H groups in total. The molecule has 6 nitrogen and oxygen atoms in total. The molecule has 1 aliphatic heterocycles. The third-order valence-corrected chi connectivity index (χ3v) is 6.71. The van der Waals surface area contributed by atoms with Crippen molar-refractivity contribution in [3.8, 4) is 0 Å². The molecule has 1 unspecified atom stereocenters. The number of rotatable bonds is 10. The van der Waals surface area contributed by atoms with Crippen molar-refractivity contribution >= 4 is 5.97 Å². The van der Waals surface area contributed by atoms with Crippen LogP contribution in [0.25, 0.3) is 0 Å². The topological polar surface area (TPSA) is 88.9 Å². The first-order chi connectivity index (χ1) is 15.4. The van der Waals surface area contributed by atoms with E-state index in [1.165, 1.54) is 0 Å². The smallest absolute Gasteiger partial charge is 0.306 e. The largest absolute Gasteiger partial charge is 0.463 e. The summed E-state index contributed by atoms with van der Waals surface area (Å²) < 4.78 is 11.4. The van der Waals surface area contributed by atoms with Gasteiger partial charge in [-0.3, -0.25) is 9.78 Å². The molecular weight excluding hydrogens is 406 g/mol. The number of hydrogen-bond donors (Lipinski definition) is 2. The van der Waals surface area contributed by atoms with Gasteiger partial charge in [-0.05, 0) is 75.8 Å². The summed E-state index contributed by atoms with van der Waals surface area (Å²) in [6.07, 6.45) is 12.8. The summed E-state index contributed by atoms with van der Waals surface area (Å²) in [5.41, 5.74) is 1.11. The standard InChI is InChI=1S/C26H39NO5/c1-18(2)32-26(30)7-3-5-20-9-12-23-22(24(29)15-25(23)31-17-20)13-11-21(28)10-8-19-6-4-14-27-16-19/h4,6,11,13-14,16,18,20-25,28-29H,3,5,7-10,12,15,17H2,1-2H3/b13-11+/t20-,21?,22+,23+,24+,25-/m0/s1. The van der Waals surface area contributed by atoms with Crippen LogP contribution >= 0.6 is 0 Å². The number of aliphatic hydroxyl groups is 2. The zero-order valence-corrected chi connectivity index (χ0v) is 19.4. The van der Waals surface area contributed by atoms with Gasteiger partial charge in [0.2, 0.25) is 0 Å². The van der Waals surface area contributed by atoms with Gasteiger partial charge in [0.05, 0.1) is 24.4 Å². The molecule has 6 heteroatoms. The molecule has 1 aromatic heterocycles. The second-order valence-electron chi connectivity index (χ2n) is 9.64. The molecular formula is C26H39NO5. The zero-order chi connectivity index (χ0) is 22.9. The van der Waals surface area contributed by atoms with E-state index in [2.05, 4.69) is 4.98 Å². The summed E-state index contributed by atoms with van der Waals surface area (Å²) in [7, 11) is 0. The Morgan fingerprint density at radius 2 is 2.22 bits per heavy atom. The average molecular weight is 446 g/mol. The van der Waals surface area contributed by atoms with Crippen LogP contribution in [0.2, 0.25) is 0 Å². The molecule has 0 amide bonds. The van der Waals surface area contributed by atoms with Crippen LogP contribution in [0, 0.1) is 17.8 Å². The highest BCUT2D eigenvalue weighted by atomic mass is 16.5. The summed E-state index contributed by atoms with van der Waals surface area (Å²) in [6.45, 7) is 4.43. The maximum absolute atomic E-state index is 11.7. The van der Waals surface area contributed by atoms with Crippen LogP contribution < -0.4 is 0 Å². The van der Waals surface area contributed by atoms with Gasteiger partial charge in [-0.2, -0.15) is 0 Å². The van der Waals surface area contributed by atoms with Gasteiger partial charge in [0, 0.05) is 37.8 Å². The van der Waals surface area contributed by atoms with Crippen LogP contribution in [-0.2, 0) is 20.7 Å². The molecule has 32 heavy (non-hydrogen) atoms. The summed E-state index contributed by atoms with van der Waals surface area (Å²) in [6, 6.07) is 3.92. The van der Waals surface area contributed by atoms with Crippen LogP contribution in [0.1, 0.15) is 64.4 Å². The number of esters is 1. The molecule has 178 valence electrons. The fourth-order valence-electron chi connectivity index (χ4n) is 5.01. The highest BCUT2D eigenvalue weighted by molar-refractivity contribution is 5.69. The number of fused-ring (bicyclic) bond motifs is 1. The van der Waals surface area contributed by atoms with Gasteiger partial charge < -0.3 is 19.7 Å². The summed E-state index contributed by atoms with van der Waals surface area (Å²) in [5, 5.41) is 21.0. The highest BCUT2D eigenvalue weighted by Crippen LogP contribution is 2.42. The Labute approximate surface area is 192 Å². The number of aryl methyl sites for hydroxylation is 1. The van der Waals surface area contributed by atoms with Crippen molar-refractivity contribution in [2.24, 2.45) is 17.8 Å². The van der Waals surface area contributed by atoms with Crippen molar-refractivity contribution in [3.05, 3.63) is 42.2 Å². The molecule has 0 spiro atoms. The van der Waals surface area contributed by atoms with E-state index in [1.807, 2.05) is 44.3 Å². The number of carbonyl (C=O) groups is 1. The number of aromatic nitrogens is 1. The minimum atomic E-state index is -0.536. The van der Waals surface area contributed by atoms with Gasteiger partial charge in [-0.1, -0.05) is 18.2 Å². The lowest BCUT2D eigenvalue weighted by Crippen LogP contribution is -2.21. The number of ether oxygens (including phenoxy) is 2. The predicted octanol–water partition coefficient (Wildman–Crippen LogP) is 3.85. The number of aliphatic hydroxyl groups excluding tert-OH is 2. The van der Waals surface area contributed by atoms with Gasteiger partial charge in [0.25, 0.3) is 0 Å². The van der Waals surface area contributed by atoms with E-state index in [4.69, 9.17) is 9.47 Å². The summed E-state index contributed by atoms with van der Waals surface area (Å²) in [5.74, 6) is 0.622. The predicted molar refractivity (Wildman–Crippen MR) is 123 cm³/mol. The lowest BCUT2D eigenvalue weighted by molar-refractivity contribution is -0.147. The van der Waals surface area contributed by atoms with Crippen molar-refractivity contribution in [3.63, 3.8) is 0 Å². The summed E-state index contributed by atoms with van der Waals surface area (Å²) in [4.78, 5) is 15.9. The lowest BCUT2D eigenvalue weighted by Gasteiger charge is -2.21. The minimum Gasteiger partial charge on any atom is -0.463 e. The number of carbonyl (C=O) groups excluding carboxylic acids is 1. The van der Waals surface area contributed by atoms with Crippen LogP contribution in [0.3, 0.4) is 0 Å². The Kier molecular flexibility index (Phi) is 9.69. The van der Waals surface area contributed by atoms with Crippen molar-refractivity contribution in [1.82, 2.24) is 4.98 Å². The molecule has 0 aromatic carbocycles. The number of pyridine rings is 1. The lowest BCUT2D eigenvalue weighted by atomic mass is 9.86. The number of hydrogen-bond acceptors (Lipinski definition) is 6.